The molecule has 1 saturated heterocycles. The predicted octanol–water partition coefficient (Wildman–Crippen LogP) is 3.49. The lowest BCUT2D eigenvalue weighted by Crippen LogP contribution is -2.21. The molecule has 0 spiro atoms. The highest BCUT2D eigenvalue weighted by atomic mass is 16.5. The van der Waals surface area contributed by atoms with Gasteiger partial charge < -0.3 is 19.2 Å². The third-order valence-electron chi connectivity index (χ3n) is 6.02. The Hall–Kier alpha value is -3.32. The molecule has 168 valence electrons. The van der Waals surface area contributed by atoms with Gasteiger partial charge in [-0.05, 0) is 42.3 Å². The van der Waals surface area contributed by atoms with E-state index in [4.69, 9.17) is 14.2 Å². The highest BCUT2D eigenvalue weighted by Gasteiger charge is 2.36. The molecule has 1 N–H and O–H groups in total. The minimum absolute atomic E-state index is 0.108. The summed E-state index contributed by atoms with van der Waals surface area (Å²) in [5, 5.41) is 0. The number of likely N-dealkylation sites (tertiary alicyclic amines) is 1. The van der Waals surface area contributed by atoms with Crippen molar-refractivity contribution in [3.8, 4) is 17.2 Å². The van der Waals surface area contributed by atoms with Crippen LogP contribution in [0.25, 0.3) is 0 Å². The van der Waals surface area contributed by atoms with Crippen molar-refractivity contribution in [2.45, 2.75) is 25.3 Å². The Labute approximate surface area is 188 Å². The standard InChI is InChI=1S/C25H29N3O4/c1-16-26-24(12-25(29)27-16)23-15-28(13-17-9-20(31-3)11-21(10-17)32-4)14-22(23)18-5-7-19(30-2)8-6-18/h5-12,22-23H,13-15H2,1-4H3,(H,26,27,29)/t22-,23+/m0/s1. The average Bonchev–Trinajstić information content (AvgIpc) is 3.22. The number of rotatable bonds is 7. The lowest BCUT2D eigenvalue weighted by molar-refractivity contribution is 0.321. The van der Waals surface area contributed by atoms with E-state index in [1.54, 1.807) is 27.4 Å². The van der Waals surface area contributed by atoms with Crippen molar-refractivity contribution in [3.05, 3.63) is 81.5 Å². The number of benzene rings is 2. The van der Waals surface area contributed by atoms with Gasteiger partial charge in [-0.3, -0.25) is 9.69 Å². The molecular formula is C25H29N3O4. The summed E-state index contributed by atoms with van der Waals surface area (Å²) in [7, 11) is 4.98. The molecule has 32 heavy (non-hydrogen) atoms. The van der Waals surface area contributed by atoms with Crippen molar-refractivity contribution in [3.63, 3.8) is 0 Å². The Morgan fingerprint density at radius 1 is 0.906 bits per heavy atom. The molecule has 0 bridgehead atoms. The Morgan fingerprint density at radius 3 is 2.12 bits per heavy atom. The number of methoxy groups -OCH3 is 3. The number of aromatic amines is 1. The van der Waals surface area contributed by atoms with Crippen LogP contribution in [0.15, 0.2) is 53.3 Å². The van der Waals surface area contributed by atoms with Crippen LogP contribution in [0.3, 0.4) is 0 Å². The molecular weight excluding hydrogens is 406 g/mol. The van der Waals surface area contributed by atoms with Crippen molar-refractivity contribution in [1.82, 2.24) is 14.9 Å². The maximum absolute atomic E-state index is 12.2. The first-order chi connectivity index (χ1) is 15.5. The van der Waals surface area contributed by atoms with Gasteiger partial charge in [-0.15, -0.1) is 0 Å². The second-order valence-corrected chi connectivity index (χ2v) is 8.16. The maximum Gasteiger partial charge on any atom is 0.251 e. The van der Waals surface area contributed by atoms with E-state index in [1.807, 2.05) is 37.3 Å². The van der Waals surface area contributed by atoms with Crippen molar-refractivity contribution in [2.75, 3.05) is 34.4 Å². The van der Waals surface area contributed by atoms with E-state index in [1.165, 1.54) is 5.56 Å². The lowest BCUT2D eigenvalue weighted by atomic mass is 9.86. The normalized spacial score (nSPS) is 18.5. The summed E-state index contributed by atoms with van der Waals surface area (Å²) in [5.74, 6) is 3.33. The number of nitrogens with one attached hydrogen (secondary N) is 1. The molecule has 0 amide bonds. The molecule has 2 atom stereocenters. The van der Waals surface area contributed by atoms with Crippen LogP contribution in [-0.4, -0.2) is 49.3 Å². The Bertz CT molecular complexity index is 1100. The van der Waals surface area contributed by atoms with Gasteiger partial charge in [0.2, 0.25) is 0 Å². The van der Waals surface area contributed by atoms with Gasteiger partial charge in [0.1, 0.15) is 23.1 Å². The molecule has 4 rings (SSSR count). The summed E-state index contributed by atoms with van der Waals surface area (Å²) in [6.45, 7) is 4.22. The zero-order chi connectivity index (χ0) is 22.7. The van der Waals surface area contributed by atoms with Crippen LogP contribution in [0.2, 0.25) is 0 Å². The van der Waals surface area contributed by atoms with E-state index in [-0.39, 0.29) is 17.4 Å². The number of aryl methyl sites for hydroxylation is 1. The van der Waals surface area contributed by atoms with Crippen LogP contribution in [0.5, 0.6) is 17.2 Å². The van der Waals surface area contributed by atoms with Crippen LogP contribution in [0, 0.1) is 6.92 Å². The fourth-order valence-corrected chi connectivity index (χ4v) is 4.51. The highest BCUT2D eigenvalue weighted by Crippen LogP contribution is 2.40. The largest absolute Gasteiger partial charge is 0.497 e. The van der Waals surface area contributed by atoms with Gasteiger partial charge in [-0.1, -0.05) is 12.1 Å². The SMILES string of the molecule is COc1ccc([C@@H]2CN(Cc3cc(OC)cc(OC)c3)C[C@H]2c2cc(=O)[nH]c(C)n2)cc1. The fourth-order valence-electron chi connectivity index (χ4n) is 4.51. The van der Waals surface area contributed by atoms with E-state index in [0.717, 1.165) is 48.1 Å². The van der Waals surface area contributed by atoms with Crippen LogP contribution >= 0.6 is 0 Å². The predicted molar refractivity (Wildman–Crippen MR) is 123 cm³/mol. The van der Waals surface area contributed by atoms with E-state index >= 15 is 0 Å². The van der Waals surface area contributed by atoms with Crippen molar-refractivity contribution < 1.29 is 14.2 Å². The molecule has 1 aliphatic rings. The van der Waals surface area contributed by atoms with Crippen molar-refractivity contribution in [1.29, 1.82) is 0 Å². The second kappa shape index (κ2) is 9.44. The number of hydrogen-bond donors (Lipinski definition) is 1. The molecule has 0 aliphatic carbocycles. The molecule has 7 heteroatoms. The van der Waals surface area contributed by atoms with Gasteiger partial charge in [0.15, 0.2) is 0 Å². The quantitative estimate of drug-likeness (QED) is 0.612. The van der Waals surface area contributed by atoms with E-state index < -0.39 is 0 Å². The molecule has 0 saturated carbocycles. The van der Waals surface area contributed by atoms with Crippen LogP contribution < -0.4 is 19.8 Å². The third-order valence-corrected chi connectivity index (χ3v) is 6.02. The highest BCUT2D eigenvalue weighted by molar-refractivity contribution is 5.39. The smallest absolute Gasteiger partial charge is 0.251 e. The Kier molecular flexibility index (Phi) is 6.46. The zero-order valence-corrected chi connectivity index (χ0v) is 18.9. The van der Waals surface area contributed by atoms with Gasteiger partial charge in [0.05, 0.1) is 27.0 Å². The molecule has 1 fully saturated rings. The molecule has 3 aromatic rings. The number of aromatic nitrogens is 2. The molecule has 1 aliphatic heterocycles. The maximum atomic E-state index is 12.2. The topological polar surface area (TPSA) is 76.7 Å². The number of ether oxygens (including phenoxy) is 3. The number of hydrogen-bond acceptors (Lipinski definition) is 6. The second-order valence-electron chi connectivity index (χ2n) is 8.16. The summed E-state index contributed by atoms with van der Waals surface area (Å²) in [6.07, 6.45) is 0. The average molecular weight is 436 g/mol. The summed E-state index contributed by atoms with van der Waals surface area (Å²) in [5.41, 5.74) is 3.04. The summed E-state index contributed by atoms with van der Waals surface area (Å²) in [6, 6.07) is 15.8. The molecule has 0 radical (unpaired) electrons. The van der Waals surface area contributed by atoms with Crippen LogP contribution in [0.1, 0.15) is 34.5 Å². The third kappa shape index (κ3) is 4.78. The summed E-state index contributed by atoms with van der Waals surface area (Å²) >= 11 is 0. The lowest BCUT2D eigenvalue weighted by Gasteiger charge is -2.19. The van der Waals surface area contributed by atoms with E-state index in [9.17, 15) is 4.79 Å². The minimum atomic E-state index is -0.114. The first kappa shape index (κ1) is 21.9. The summed E-state index contributed by atoms with van der Waals surface area (Å²) < 4.78 is 16.2. The van der Waals surface area contributed by atoms with Crippen LogP contribution in [0.4, 0.5) is 0 Å². The summed E-state index contributed by atoms with van der Waals surface area (Å²) in [4.78, 5) is 22.0. The minimum Gasteiger partial charge on any atom is -0.497 e. The first-order valence-corrected chi connectivity index (χ1v) is 10.6. The molecule has 1 aromatic heterocycles. The van der Waals surface area contributed by atoms with Gasteiger partial charge >= 0.3 is 0 Å². The van der Waals surface area contributed by atoms with Gasteiger partial charge in [-0.2, -0.15) is 0 Å². The van der Waals surface area contributed by atoms with E-state index in [2.05, 4.69) is 27.0 Å². The number of nitrogens with zero attached hydrogens (tertiary/aromatic N) is 2. The fraction of sp³-hybridized carbons (Fsp3) is 0.360. The number of H-pyrrole nitrogens is 1. The van der Waals surface area contributed by atoms with E-state index in [0.29, 0.717) is 5.82 Å². The van der Waals surface area contributed by atoms with Crippen molar-refractivity contribution in [2.24, 2.45) is 0 Å². The van der Waals surface area contributed by atoms with Gasteiger partial charge in [0, 0.05) is 43.6 Å². The Balaban J connectivity index is 1.65. The Morgan fingerprint density at radius 2 is 1.53 bits per heavy atom. The molecule has 7 nitrogen and oxygen atoms in total. The molecule has 0 unspecified atom stereocenters. The monoisotopic (exact) mass is 435 g/mol. The molecule has 2 heterocycles. The van der Waals surface area contributed by atoms with Gasteiger partial charge in [-0.25, -0.2) is 4.98 Å². The molecule has 2 aromatic carbocycles. The zero-order valence-electron chi connectivity index (χ0n) is 18.9. The van der Waals surface area contributed by atoms with Crippen LogP contribution in [-0.2, 0) is 6.54 Å². The van der Waals surface area contributed by atoms with Gasteiger partial charge in [0.25, 0.3) is 5.56 Å². The first-order valence-electron chi connectivity index (χ1n) is 10.6. The van der Waals surface area contributed by atoms with Crippen molar-refractivity contribution >= 4 is 0 Å².